The monoisotopic (exact) mass is 457 g/mol. The number of methoxy groups -OCH3 is 1. The zero-order valence-corrected chi connectivity index (χ0v) is 15.4. The van der Waals surface area contributed by atoms with Gasteiger partial charge in [-0.15, -0.1) is 0 Å². The molecule has 0 aliphatic rings. The van der Waals surface area contributed by atoms with Crippen LogP contribution in [-0.4, -0.2) is 18.2 Å². The minimum absolute atomic E-state index is 0.0364. The summed E-state index contributed by atoms with van der Waals surface area (Å²) in [7, 11) is 1.32. The minimum atomic E-state index is -0.930. The highest BCUT2D eigenvalue weighted by atomic mass is 79.9. The fourth-order valence-corrected chi connectivity index (χ4v) is 4.24. The summed E-state index contributed by atoms with van der Waals surface area (Å²) in [6.45, 7) is 3.39. The van der Waals surface area contributed by atoms with Crippen molar-refractivity contribution in [3.8, 4) is 5.75 Å². The van der Waals surface area contributed by atoms with Gasteiger partial charge in [0.1, 0.15) is 5.75 Å². The number of esters is 1. The number of benzene rings is 1. The molecule has 1 rings (SSSR count). The third kappa shape index (κ3) is 3.15. The lowest BCUT2D eigenvalue weighted by atomic mass is 9.81. The van der Waals surface area contributed by atoms with Crippen LogP contribution in [0.4, 0.5) is 0 Å². The van der Waals surface area contributed by atoms with Crippen LogP contribution in [0.15, 0.2) is 19.5 Å². The fraction of sp³-hybridized carbons (Fsp3) is 0.417. The third-order valence-corrected chi connectivity index (χ3v) is 5.04. The first-order valence-electron chi connectivity index (χ1n) is 5.35. The molecule has 0 radical (unpaired) electrons. The highest BCUT2D eigenvalue weighted by Crippen LogP contribution is 2.45. The molecule has 0 aliphatic carbocycles. The van der Waals surface area contributed by atoms with Gasteiger partial charge in [0, 0.05) is 16.1 Å². The molecule has 3 N–H and O–H groups in total. The molecule has 4 nitrogen and oxygen atoms in total. The number of phenols is 1. The van der Waals surface area contributed by atoms with Crippen LogP contribution in [0.25, 0.3) is 0 Å². The van der Waals surface area contributed by atoms with E-state index in [1.165, 1.54) is 7.11 Å². The van der Waals surface area contributed by atoms with Crippen LogP contribution in [0.3, 0.4) is 0 Å². The van der Waals surface area contributed by atoms with E-state index in [2.05, 4.69) is 47.8 Å². The Hall–Kier alpha value is -0.110. The van der Waals surface area contributed by atoms with E-state index in [9.17, 15) is 9.90 Å². The van der Waals surface area contributed by atoms with E-state index in [4.69, 9.17) is 10.5 Å². The van der Waals surface area contributed by atoms with Gasteiger partial charge in [-0.25, -0.2) is 0 Å². The van der Waals surface area contributed by atoms with E-state index < -0.39 is 17.4 Å². The van der Waals surface area contributed by atoms with Gasteiger partial charge in [-0.3, -0.25) is 4.79 Å². The number of nitrogens with two attached hydrogens (primary N) is 1. The maximum absolute atomic E-state index is 11.8. The van der Waals surface area contributed by atoms with Crippen LogP contribution < -0.4 is 5.73 Å². The SMILES string of the molecule is COC(=O)C(C)(C)[C@H](N)c1c(Br)cc(Br)c(O)c1Br. The highest BCUT2D eigenvalue weighted by molar-refractivity contribution is 9.11. The van der Waals surface area contributed by atoms with Gasteiger partial charge in [0.05, 0.1) is 21.5 Å². The van der Waals surface area contributed by atoms with Gasteiger partial charge in [0.2, 0.25) is 0 Å². The predicted octanol–water partition coefficient (Wildman–Crippen LogP) is 3.88. The van der Waals surface area contributed by atoms with Crippen molar-refractivity contribution < 1.29 is 14.6 Å². The molecule has 1 atom stereocenters. The van der Waals surface area contributed by atoms with Crippen molar-refractivity contribution in [2.75, 3.05) is 7.11 Å². The van der Waals surface area contributed by atoms with Crippen molar-refractivity contribution in [2.24, 2.45) is 11.1 Å². The average molecular weight is 460 g/mol. The number of rotatable bonds is 3. The molecular weight excluding hydrogens is 446 g/mol. The van der Waals surface area contributed by atoms with E-state index in [-0.39, 0.29) is 5.75 Å². The van der Waals surface area contributed by atoms with Gasteiger partial charge in [0.25, 0.3) is 0 Å². The Morgan fingerprint density at radius 2 is 1.89 bits per heavy atom. The van der Waals surface area contributed by atoms with Crippen molar-refractivity contribution in [2.45, 2.75) is 19.9 Å². The lowest BCUT2D eigenvalue weighted by Crippen LogP contribution is -2.37. The Balaban J connectivity index is 3.39. The Labute approximate surface area is 137 Å². The summed E-state index contributed by atoms with van der Waals surface area (Å²) in [6, 6.07) is 1.03. The summed E-state index contributed by atoms with van der Waals surface area (Å²) in [5, 5.41) is 9.94. The molecule has 19 heavy (non-hydrogen) atoms. The molecule has 1 aromatic rings. The molecule has 7 heteroatoms. The number of hydrogen-bond donors (Lipinski definition) is 2. The molecule has 0 unspecified atom stereocenters. The average Bonchev–Trinajstić information content (AvgIpc) is 2.34. The summed E-state index contributed by atoms with van der Waals surface area (Å²) in [4.78, 5) is 11.8. The second-order valence-corrected chi connectivity index (χ2v) is 7.11. The molecule has 0 aliphatic heterocycles. The fourth-order valence-electron chi connectivity index (χ4n) is 1.63. The van der Waals surface area contributed by atoms with Crippen LogP contribution in [-0.2, 0) is 9.53 Å². The molecule has 0 saturated carbocycles. The lowest BCUT2D eigenvalue weighted by molar-refractivity contribution is -0.152. The van der Waals surface area contributed by atoms with Crippen LogP contribution in [0.2, 0.25) is 0 Å². The standard InChI is InChI=1S/C12H14Br3NO3/c1-12(2,11(18)19-3)10(16)7-5(13)4-6(14)9(17)8(7)15/h4,10,17H,16H2,1-3H3/t10-/m1/s1. The van der Waals surface area contributed by atoms with Crippen molar-refractivity contribution in [1.82, 2.24) is 0 Å². The maximum Gasteiger partial charge on any atom is 0.313 e. The number of ether oxygens (including phenoxy) is 1. The van der Waals surface area contributed by atoms with E-state index in [1.807, 2.05) is 0 Å². The van der Waals surface area contributed by atoms with E-state index >= 15 is 0 Å². The zero-order chi connectivity index (χ0) is 15.0. The predicted molar refractivity (Wildman–Crippen MR) is 83.9 cm³/mol. The quantitative estimate of drug-likeness (QED) is 0.673. The van der Waals surface area contributed by atoms with Gasteiger partial charge < -0.3 is 15.6 Å². The second kappa shape index (κ2) is 6.11. The lowest BCUT2D eigenvalue weighted by Gasteiger charge is -2.30. The Kier molecular flexibility index (Phi) is 5.45. The number of hydrogen-bond acceptors (Lipinski definition) is 4. The number of carbonyl (C=O) groups is 1. The normalized spacial score (nSPS) is 13.2. The van der Waals surface area contributed by atoms with Crippen molar-refractivity contribution in [3.05, 3.63) is 25.0 Å². The summed E-state index contributed by atoms with van der Waals surface area (Å²) < 4.78 is 6.43. The highest BCUT2D eigenvalue weighted by Gasteiger charge is 2.39. The van der Waals surface area contributed by atoms with Crippen LogP contribution in [0.5, 0.6) is 5.75 Å². The summed E-state index contributed by atoms with van der Waals surface area (Å²) >= 11 is 9.93. The number of halogens is 3. The Morgan fingerprint density at radius 1 is 1.37 bits per heavy atom. The number of aromatic hydroxyl groups is 1. The molecule has 0 aromatic heterocycles. The summed E-state index contributed by atoms with van der Waals surface area (Å²) in [5.74, 6) is -0.379. The first kappa shape index (κ1) is 16.9. The van der Waals surface area contributed by atoms with E-state index in [0.29, 0.717) is 19.0 Å². The molecule has 0 spiro atoms. The minimum Gasteiger partial charge on any atom is -0.506 e. The summed E-state index contributed by atoms with van der Waals surface area (Å²) in [5.41, 5.74) is 5.86. The smallest absolute Gasteiger partial charge is 0.313 e. The van der Waals surface area contributed by atoms with Gasteiger partial charge in [-0.1, -0.05) is 15.9 Å². The molecule has 0 saturated heterocycles. The van der Waals surface area contributed by atoms with Crippen LogP contribution in [0, 0.1) is 5.41 Å². The Bertz CT molecular complexity index is 517. The zero-order valence-electron chi connectivity index (χ0n) is 10.6. The maximum atomic E-state index is 11.8. The van der Waals surface area contributed by atoms with E-state index in [1.54, 1.807) is 19.9 Å². The largest absolute Gasteiger partial charge is 0.506 e. The third-order valence-electron chi connectivity index (χ3n) is 2.98. The second-order valence-electron chi connectivity index (χ2n) is 4.61. The van der Waals surface area contributed by atoms with Gasteiger partial charge in [-0.05, 0) is 51.8 Å². The molecule has 0 amide bonds. The molecular formula is C12H14Br3NO3. The first-order chi connectivity index (χ1) is 8.64. The van der Waals surface area contributed by atoms with Crippen LogP contribution >= 0.6 is 47.8 Å². The molecule has 0 bridgehead atoms. The van der Waals surface area contributed by atoms with Gasteiger partial charge in [-0.2, -0.15) is 0 Å². The first-order valence-corrected chi connectivity index (χ1v) is 7.72. The molecule has 0 heterocycles. The van der Waals surface area contributed by atoms with E-state index in [0.717, 1.165) is 0 Å². The molecule has 106 valence electrons. The van der Waals surface area contributed by atoms with Crippen molar-refractivity contribution in [3.63, 3.8) is 0 Å². The Morgan fingerprint density at radius 3 is 2.37 bits per heavy atom. The molecule has 0 fully saturated rings. The van der Waals surface area contributed by atoms with Crippen LogP contribution in [0.1, 0.15) is 25.5 Å². The summed E-state index contributed by atoms with van der Waals surface area (Å²) in [6.07, 6.45) is 0. The number of phenolic OH excluding ortho intramolecular Hbond substituents is 1. The van der Waals surface area contributed by atoms with Crippen molar-refractivity contribution in [1.29, 1.82) is 0 Å². The van der Waals surface area contributed by atoms with Gasteiger partial charge >= 0.3 is 5.97 Å². The van der Waals surface area contributed by atoms with Gasteiger partial charge in [0.15, 0.2) is 0 Å². The topological polar surface area (TPSA) is 72.5 Å². The van der Waals surface area contributed by atoms with Crippen molar-refractivity contribution >= 4 is 53.8 Å². The number of carbonyl (C=O) groups excluding carboxylic acids is 1. The molecule has 1 aromatic carbocycles.